The highest BCUT2D eigenvalue weighted by molar-refractivity contribution is 9.10. The van der Waals surface area contributed by atoms with Crippen LogP contribution in [0.3, 0.4) is 0 Å². The van der Waals surface area contributed by atoms with Crippen LogP contribution < -0.4 is 4.90 Å². The van der Waals surface area contributed by atoms with Crippen LogP contribution in [0.2, 0.25) is 0 Å². The molecule has 0 unspecified atom stereocenters. The van der Waals surface area contributed by atoms with E-state index in [1.807, 2.05) is 32.9 Å². The molecule has 0 atom stereocenters. The van der Waals surface area contributed by atoms with Crippen LogP contribution in [-0.4, -0.2) is 47.8 Å². The molecule has 0 aliphatic rings. The second kappa shape index (κ2) is 8.48. The molecule has 0 fully saturated rings. The first-order valence-corrected chi connectivity index (χ1v) is 8.40. The number of amides is 1. The number of carbonyl (C=O) groups excluding carboxylic acids is 1. The van der Waals surface area contributed by atoms with E-state index in [9.17, 15) is 4.79 Å². The molecule has 1 heterocycles. The van der Waals surface area contributed by atoms with E-state index < -0.39 is 5.60 Å². The van der Waals surface area contributed by atoms with Crippen LogP contribution in [0.4, 0.5) is 10.6 Å². The summed E-state index contributed by atoms with van der Waals surface area (Å²) in [6.07, 6.45) is 1.32. The van der Waals surface area contributed by atoms with E-state index in [1.54, 1.807) is 11.1 Å². The molecule has 0 radical (unpaired) electrons. The largest absolute Gasteiger partial charge is 0.443 e. The Morgan fingerprint density at radius 3 is 2.32 bits per heavy atom. The third-order valence-electron chi connectivity index (χ3n) is 3.14. The van der Waals surface area contributed by atoms with Gasteiger partial charge in [0.15, 0.2) is 0 Å². The Bertz CT molecular complexity index is 467. The SMILES string of the molecule is CCN(CC)CCN(C(=O)OC(C)(C)C)c1ccc(Br)cn1. The van der Waals surface area contributed by atoms with E-state index >= 15 is 0 Å². The van der Waals surface area contributed by atoms with Gasteiger partial charge in [0, 0.05) is 23.8 Å². The summed E-state index contributed by atoms with van der Waals surface area (Å²) in [7, 11) is 0. The molecule has 1 amide bonds. The summed E-state index contributed by atoms with van der Waals surface area (Å²) in [6.45, 7) is 13.0. The van der Waals surface area contributed by atoms with Gasteiger partial charge < -0.3 is 9.64 Å². The first-order valence-electron chi connectivity index (χ1n) is 7.61. The summed E-state index contributed by atoms with van der Waals surface area (Å²) in [5.41, 5.74) is -0.528. The van der Waals surface area contributed by atoms with Crippen molar-refractivity contribution in [2.45, 2.75) is 40.2 Å². The number of hydrogen-bond acceptors (Lipinski definition) is 4. The number of aromatic nitrogens is 1. The Balaban J connectivity index is 2.89. The maximum absolute atomic E-state index is 12.5. The van der Waals surface area contributed by atoms with Crippen molar-refractivity contribution < 1.29 is 9.53 Å². The van der Waals surface area contributed by atoms with Gasteiger partial charge in [0.25, 0.3) is 0 Å². The Morgan fingerprint density at radius 1 is 1.23 bits per heavy atom. The van der Waals surface area contributed by atoms with Crippen LogP contribution in [0.25, 0.3) is 0 Å². The first-order chi connectivity index (χ1) is 10.3. The van der Waals surface area contributed by atoms with Crippen molar-refractivity contribution in [3.8, 4) is 0 Å². The number of halogens is 1. The van der Waals surface area contributed by atoms with Crippen molar-refractivity contribution in [3.63, 3.8) is 0 Å². The molecule has 5 nitrogen and oxygen atoms in total. The molecule has 1 aromatic heterocycles. The Hall–Kier alpha value is -1.14. The summed E-state index contributed by atoms with van der Waals surface area (Å²) >= 11 is 3.36. The van der Waals surface area contributed by atoms with Gasteiger partial charge in [-0.2, -0.15) is 0 Å². The van der Waals surface area contributed by atoms with Crippen LogP contribution in [0.1, 0.15) is 34.6 Å². The van der Waals surface area contributed by atoms with Gasteiger partial charge in [0.1, 0.15) is 11.4 Å². The number of ether oxygens (including phenoxy) is 1. The van der Waals surface area contributed by atoms with Crippen molar-refractivity contribution in [1.29, 1.82) is 0 Å². The predicted octanol–water partition coefficient (Wildman–Crippen LogP) is 3.93. The zero-order chi connectivity index (χ0) is 16.8. The molecule has 0 aliphatic heterocycles. The van der Waals surface area contributed by atoms with E-state index in [1.165, 1.54) is 0 Å². The molecule has 0 bridgehead atoms. The van der Waals surface area contributed by atoms with Crippen LogP contribution in [0.15, 0.2) is 22.8 Å². The second-order valence-corrected chi connectivity index (χ2v) is 6.91. The summed E-state index contributed by atoms with van der Waals surface area (Å²) < 4.78 is 6.38. The molecular weight excluding hydrogens is 346 g/mol. The van der Waals surface area contributed by atoms with Gasteiger partial charge in [-0.15, -0.1) is 0 Å². The molecular formula is C16H26BrN3O2. The van der Waals surface area contributed by atoms with Gasteiger partial charge in [0.2, 0.25) is 0 Å². The molecule has 22 heavy (non-hydrogen) atoms. The van der Waals surface area contributed by atoms with E-state index in [4.69, 9.17) is 4.74 Å². The third-order valence-corrected chi connectivity index (χ3v) is 3.61. The van der Waals surface area contributed by atoms with Gasteiger partial charge in [-0.3, -0.25) is 4.90 Å². The Morgan fingerprint density at radius 2 is 1.86 bits per heavy atom. The molecule has 0 aromatic carbocycles. The number of hydrogen-bond donors (Lipinski definition) is 0. The van der Waals surface area contributed by atoms with E-state index in [0.29, 0.717) is 12.4 Å². The smallest absolute Gasteiger partial charge is 0.416 e. The second-order valence-electron chi connectivity index (χ2n) is 5.99. The lowest BCUT2D eigenvalue weighted by atomic mass is 10.2. The zero-order valence-corrected chi connectivity index (χ0v) is 15.7. The van der Waals surface area contributed by atoms with Crippen LogP contribution >= 0.6 is 15.9 Å². The molecule has 0 saturated carbocycles. The third kappa shape index (κ3) is 6.32. The predicted molar refractivity (Wildman–Crippen MR) is 93.3 cm³/mol. The minimum atomic E-state index is -0.528. The van der Waals surface area contributed by atoms with Crippen molar-refractivity contribution in [1.82, 2.24) is 9.88 Å². The number of anilines is 1. The molecule has 124 valence electrons. The van der Waals surface area contributed by atoms with Crippen LogP contribution in [-0.2, 0) is 4.74 Å². The summed E-state index contributed by atoms with van der Waals surface area (Å²) in [6, 6.07) is 3.69. The number of carbonyl (C=O) groups is 1. The van der Waals surface area contributed by atoms with E-state index in [2.05, 4.69) is 39.7 Å². The lowest BCUT2D eigenvalue weighted by molar-refractivity contribution is 0.0575. The number of likely N-dealkylation sites (N-methyl/N-ethyl adjacent to an activating group) is 1. The molecule has 0 aliphatic carbocycles. The van der Waals surface area contributed by atoms with Gasteiger partial charge in [0.05, 0.1) is 0 Å². The Labute approximate surface area is 141 Å². The molecule has 1 rings (SSSR count). The molecule has 1 aromatic rings. The van der Waals surface area contributed by atoms with E-state index in [0.717, 1.165) is 24.1 Å². The van der Waals surface area contributed by atoms with Crippen LogP contribution in [0, 0.1) is 0 Å². The van der Waals surface area contributed by atoms with Gasteiger partial charge in [-0.05, 0) is 61.9 Å². The van der Waals surface area contributed by atoms with Crippen LogP contribution in [0.5, 0.6) is 0 Å². The maximum atomic E-state index is 12.5. The summed E-state index contributed by atoms with van der Waals surface area (Å²) in [5.74, 6) is 0.601. The van der Waals surface area contributed by atoms with Crippen molar-refractivity contribution >= 4 is 27.8 Å². The highest BCUT2D eigenvalue weighted by atomic mass is 79.9. The van der Waals surface area contributed by atoms with E-state index in [-0.39, 0.29) is 6.09 Å². The van der Waals surface area contributed by atoms with Crippen molar-refractivity contribution in [3.05, 3.63) is 22.8 Å². The standard InChI is InChI=1S/C16H26BrN3O2/c1-6-19(7-2)10-11-20(15(21)22-16(3,4)5)14-9-8-13(17)12-18-14/h8-9,12H,6-7,10-11H2,1-5H3. The summed E-state index contributed by atoms with van der Waals surface area (Å²) in [4.78, 5) is 20.6. The fraction of sp³-hybridized carbons (Fsp3) is 0.625. The lowest BCUT2D eigenvalue weighted by Crippen LogP contribution is -2.42. The topological polar surface area (TPSA) is 45.7 Å². The highest BCUT2D eigenvalue weighted by Gasteiger charge is 2.24. The maximum Gasteiger partial charge on any atom is 0.416 e. The average Bonchev–Trinajstić information content (AvgIpc) is 2.43. The first kappa shape index (κ1) is 18.9. The zero-order valence-electron chi connectivity index (χ0n) is 14.1. The molecule has 6 heteroatoms. The molecule has 0 N–H and O–H groups in total. The monoisotopic (exact) mass is 371 g/mol. The fourth-order valence-electron chi connectivity index (χ4n) is 1.93. The normalized spacial score (nSPS) is 11.6. The Kier molecular flexibility index (Phi) is 7.29. The molecule has 0 spiro atoms. The molecule has 0 saturated heterocycles. The summed E-state index contributed by atoms with van der Waals surface area (Å²) in [5, 5.41) is 0. The van der Waals surface area contributed by atoms with Crippen molar-refractivity contribution in [2.75, 3.05) is 31.1 Å². The van der Waals surface area contributed by atoms with Gasteiger partial charge >= 0.3 is 6.09 Å². The highest BCUT2D eigenvalue weighted by Crippen LogP contribution is 2.18. The minimum Gasteiger partial charge on any atom is -0.443 e. The van der Waals surface area contributed by atoms with Crippen molar-refractivity contribution in [2.24, 2.45) is 0 Å². The number of nitrogens with zero attached hydrogens (tertiary/aromatic N) is 3. The quantitative estimate of drug-likeness (QED) is 0.759. The fourth-order valence-corrected chi connectivity index (χ4v) is 2.16. The van der Waals surface area contributed by atoms with Gasteiger partial charge in [-0.25, -0.2) is 9.78 Å². The number of rotatable bonds is 6. The van der Waals surface area contributed by atoms with Gasteiger partial charge in [-0.1, -0.05) is 13.8 Å². The number of pyridine rings is 1. The minimum absolute atomic E-state index is 0.366. The lowest BCUT2D eigenvalue weighted by Gasteiger charge is -2.28. The average molecular weight is 372 g/mol.